The van der Waals surface area contributed by atoms with Crippen LogP contribution in [0, 0.1) is 5.92 Å². The van der Waals surface area contributed by atoms with Gasteiger partial charge >= 0.3 is 0 Å². The van der Waals surface area contributed by atoms with Gasteiger partial charge in [0, 0.05) is 23.6 Å². The number of nitrogens with one attached hydrogen (secondary N) is 2. The highest BCUT2D eigenvalue weighted by molar-refractivity contribution is 6.35. The molecule has 0 saturated heterocycles. The van der Waals surface area contributed by atoms with Gasteiger partial charge in [0.05, 0.1) is 6.04 Å². The molecule has 0 aliphatic carbocycles. The van der Waals surface area contributed by atoms with Gasteiger partial charge in [-0.1, -0.05) is 43.1 Å². The first-order chi connectivity index (χ1) is 8.93. The molecule has 1 rings (SSSR count). The van der Waals surface area contributed by atoms with Crippen molar-refractivity contribution in [3.63, 3.8) is 0 Å². The topological polar surface area (TPSA) is 41.1 Å². The highest BCUT2D eigenvalue weighted by Crippen LogP contribution is 2.21. The summed E-state index contributed by atoms with van der Waals surface area (Å²) in [7, 11) is 1.65. The fourth-order valence-electron chi connectivity index (χ4n) is 1.83. The van der Waals surface area contributed by atoms with E-state index in [1.807, 2.05) is 6.07 Å². The van der Waals surface area contributed by atoms with Gasteiger partial charge < -0.3 is 10.6 Å². The standard InChI is InChI=1S/C14H20Cl2N2O/c1-9(2)6-13(14(19)17-3)18-8-10-4-5-11(15)7-12(10)16/h4-5,7,9,13,18H,6,8H2,1-3H3,(H,17,19). The molecule has 0 aromatic heterocycles. The molecular weight excluding hydrogens is 283 g/mol. The molecule has 1 atom stereocenters. The molecule has 0 aliphatic rings. The second-order valence-electron chi connectivity index (χ2n) is 4.91. The summed E-state index contributed by atoms with van der Waals surface area (Å²) in [5, 5.41) is 7.13. The van der Waals surface area contributed by atoms with Crippen LogP contribution in [0.15, 0.2) is 18.2 Å². The maximum Gasteiger partial charge on any atom is 0.236 e. The number of hydrogen-bond donors (Lipinski definition) is 2. The fourth-order valence-corrected chi connectivity index (χ4v) is 2.30. The minimum atomic E-state index is -0.211. The van der Waals surface area contributed by atoms with E-state index in [2.05, 4.69) is 24.5 Å². The first kappa shape index (κ1) is 16.3. The molecule has 19 heavy (non-hydrogen) atoms. The van der Waals surface area contributed by atoms with Crippen molar-refractivity contribution in [2.24, 2.45) is 5.92 Å². The molecule has 1 aromatic rings. The van der Waals surface area contributed by atoms with Crippen LogP contribution in [-0.2, 0) is 11.3 Å². The summed E-state index contributed by atoms with van der Waals surface area (Å²) < 4.78 is 0. The van der Waals surface area contributed by atoms with Crippen LogP contribution in [0.4, 0.5) is 0 Å². The Hall–Kier alpha value is -0.770. The monoisotopic (exact) mass is 302 g/mol. The van der Waals surface area contributed by atoms with Crippen molar-refractivity contribution < 1.29 is 4.79 Å². The lowest BCUT2D eigenvalue weighted by molar-refractivity contribution is -0.123. The second-order valence-corrected chi connectivity index (χ2v) is 5.76. The lowest BCUT2D eigenvalue weighted by atomic mass is 10.0. The molecule has 0 bridgehead atoms. The predicted molar refractivity (Wildman–Crippen MR) is 80.6 cm³/mol. The lowest BCUT2D eigenvalue weighted by Crippen LogP contribution is -2.43. The molecule has 0 spiro atoms. The summed E-state index contributed by atoms with van der Waals surface area (Å²) in [6.07, 6.45) is 0.783. The zero-order valence-corrected chi connectivity index (χ0v) is 13.0. The molecule has 1 aromatic carbocycles. The average molecular weight is 303 g/mol. The molecule has 0 saturated carbocycles. The van der Waals surface area contributed by atoms with Crippen LogP contribution in [-0.4, -0.2) is 19.0 Å². The van der Waals surface area contributed by atoms with Crippen LogP contribution in [0.25, 0.3) is 0 Å². The quantitative estimate of drug-likeness (QED) is 0.847. The maximum atomic E-state index is 11.8. The summed E-state index contributed by atoms with van der Waals surface area (Å²) in [6.45, 7) is 4.72. The van der Waals surface area contributed by atoms with E-state index in [1.165, 1.54) is 0 Å². The first-order valence-electron chi connectivity index (χ1n) is 6.33. The summed E-state index contributed by atoms with van der Waals surface area (Å²) >= 11 is 12.0. The van der Waals surface area contributed by atoms with Crippen molar-refractivity contribution in [2.45, 2.75) is 32.9 Å². The third-order valence-electron chi connectivity index (χ3n) is 2.82. The van der Waals surface area contributed by atoms with E-state index < -0.39 is 0 Å². The van der Waals surface area contributed by atoms with Gasteiger partial charge in [0.1, 0.15) is 0 Å². The SMILES string of the molecule is CNC(=O)C(CC(C)C)NCc1ccc(Cl)cc1Cl. The highest BCUT2D eigenvalue weighted by atomic mass is 35.5. The molecule has 0 aliphatic heterocycles. The summed E-state index contributed by atoms with van der Waals surface area (Å²) in [6, 6.07) is 5.16. The van der Waals surface area contributed by atoms with Crippen LogP contribution in [0.2, 0.25) is 10.0 Å². The smallest absolute Gasteiger partial charge is 0.236 e. The number of hydrogen-bond acceptors (Lipinski definition) is 2. The molecule has 5 heteroatoms. The van der Waals surface area contributed by atoms with E-state index in [0.717, 1.165) is 12.0 Å². The normalized spacial score (nSPS) is 12.5. The Kier molecular flexibility index (Phi) is 6.63. The van der Waals surface area contributed by atoms with Gasteiger partial charge in [0.25, 0.3) is 0 Å². The lowest BCUT2D eigenvalue weighted by Gasteiger charge is -2.19. The Labute approximate surface area is 124 Å². The number of rotatable bonds is 6. The Morgan fingerprint density at radius 2 is 2.00 bits per heavy atom. The largest absolute Gasteiger partial charge is 0.358 e. The van der Waals surface area contributed by atoms with E-state index in [4.69, 9.17) is 23.2 Å². The Morgan fingerprint density at radius 1 is 1.32 bits per heavy atom. The van der Waals surface area contributed by atoms with Crippen LogP contribution in [0.1, 0.15) is 25.8 Å². The zero-order chi connectivity index (χ0) is 14.4. The second kappa shape index (κ2) is 7.73. The Bertz CT molecular complexity index is 435. The van der Waals surface area contributed by atoms with Crippen molar-refractivity contribution in [2.75, 3.05) is 7.05 Å². The van der Waals surface area contributed by atoms with Crippen molar-refractivity contribution in [1.29, 1.82) is 0 Å². The van der Waals surface area contributed by atoms with E-state index in [9.17, 15) is 4.79 Å². The van der Waals surface area contributed by atoms with Gasteiger partial charge in [-0.05, 0) is 30.0 Å². The molecular formula is C14H20Cl2N2O. The molecule has 3 nitrogen and oxygen atoms in total. The van der Waals surface area contributed by atoms with E-state index >= 15 is 0 Å². The van der Waals surface area contributed by atoms with Gasteiger partial charge in [-0.2, -0.15) is 0 Å². The molecule has 0 fully saturated rings. The van der Waals surface area contributed by atoms with Crippen LogP contribution in [0.3, 0.4) is 0 Å². The first-order valence-corrected chi connectivity index (χ1v) is 7.08. The van der Waals surface area contributed by atoms with Gasteiger partial charge in [-0.25, -0.2) is 0 Å². The molecule has 1 amide bonds. The number of halogens is 2. The van der Waals surface area contributed by atoms with E-state index in [0.29, 0.717) is 22.5 Å². The third-order valence-corrected chi connectivity index (χ3v) is 3.41. The Balaban J connectivity index is 2.67. The molecule has 1 unspecified atom stereocenters. The van der Waals surface area contributed by atoms with Crippen LogP contribution < -0.4 is 10.6 Å². The summed E-state index contributed by atoms with van der Waals surface area (Å²) in [4.78, 5) is 11.8. The molecule has 106 valence electrons. The Morgan fingerprint density at radius 3 is 2.53 bits per heavy atom. The number of likely N-dealkylation sites (N-methyl/N-ethyl adjacent to an activating group) is 1. The zero-order valence-electron chi connectivity index (χ0n) is 11.5. The van der Waals surface area contributed by atoms with Crippen molar-refractivity contribution in [3.05, 3.63) is 33.8 Å². The number of carbonyl (C=O) groups is 1. The predicted octanol–water partition coefficient (Wildman–Crippen LogP) is 3.24. The fraction of sp³-hybridized carbons (Fsp3) is 0.500. The molecule has 0 radical (unpaired) electrons. The average Bonchev–Trinajstić information content (AvgIpc) is 2.34. The highest BCUT2D eigenvalue weighted by Gasteiger charge is 2.18. The minimum Gasteiger partial charge on any atom is -0.358 e. The van der Waals surface area contributed by atoms with Crippen molar-refractivity contribution >= 4 is 29.1 Å². The number of carbonyl (C=O) groups excluding carboxylic acids is 1. The van der Waals surface area contributed by atoms with Gasteiger partial charge in [-0.3, -0.25) is 4.79 Å². The van der Waals surface area contributed by atoms with Gasteiger partial charge in [-0.15, -0.1) is 0 Å². The summed E-state index contributed by atoms with van der Waals surface area (Å²) in [5.41, 5.74) is 0.934. The number of amides is 1. The van der Waals surface area contributed by atoms with E-state index in [-0.39, 0.29) is 11.9 Å². The number of benzene rings is 1. The van der Waals surface area contributed by atoms with Crippen molar-refractivity contribution in [3.8, 4) is 0 Å². The third kappa shape index (κ3) is 5.39. The van der Waals surface area contributed by atoms with E-state index in [1.54, 1.807) is 19.2 Å². The van der Waals surface area contributed by atoms with Gasteiger partial charge in [0.15, 0.2) is 0 Å². The van der Waals surface area contributed by atoms with Crippen molar-refractivity contribution in [1.82, 2.24) is 10.6 Å². The molecule has 2 N–H and O–H groups in total. The summed E-state index contributed by atoms with van der Waals surface area (Å²) in [5.74, 6) is 0.439. The van der Waals surface area contributed by atoms with Crippen LogP contribution >= 0.6 is 23.2 Å². The van der Waals surface area contributed by atoms with Gasteiger partial charge in [0.2, 0.25) is 5.91 Å². The minimum absolute atomic E-state index is 0.00112. The maximum absolute atomic E-state index is 11.8. The molecule has 0 heterocycles. The van der Waals surface area contributed by atoms with Crippen LogP contribution in [0.5, 0.6) is 0 Å².